The molecule has 0 aromatic heterocycles. The number of hydrazone groups is 1. The minimum Gasteiger partial charge on any atom is -0.749 e. The Morgan fingerprint density at radius 2 is 1.73 bits per heavy atom. The first-order valence-corrected chi connectivity index (χ1v) is 8.16. The van der Waals surface area contributed by atoms with Crippen molar-refractivity contribution in [2.24, 2.45) is 10.2 Å². The molecule has 0 aliphatic carbocycles. The number of nitrogens with two attached hydrogens (primary N) is 1. The first kappa shape index (κ1) is 16.5. The van der Waals surface area contributed by atoms with Crippen LogP contribution >= 0.6 is 0 Å². The van der Waals surface area contributed by atoms with Crippen molar-refractivity contribution in [3.05, 3.63) is 35.4 Å². The van der Waals surface area contributed by atoms with Crippen molar-refractivity contribution in [3.8, 4) is 0 Å². The Balaban J connectivity index is 2.32. The maximum Gasteiger partial charge on any atom is 0.267 e. The summed E-state index contributed by atoms with van der Waals surface area (Å²) >= 11 is 4.74. The highest BCUT2D eigenvalue weighted by Gasteiger charge is 2.37. The number of benzene rings is 1. The Bertz CT molecular complexity index is 740. The number of primary sulfonamides is 1. The predicted octanol–water partition coefficient (Wildman–Crippen LogP) is -0.333. The van der Waals surface area contributed by atoms with Crippen LogP contribution in [0.3, 0.4) is 0 Å². The summed E-state index contributed by atoms with van der Waals surface area (Å²) in [5.74, 6) is -1.04. The number of sulfonamides is 1. The van der Waals surface area contributed by atoms with E-state index in [0.717, 1.165) is 9.91 Å². The quantitative estimate of drug-likeness (QED) is 0.265. The van der Waals surface area contributed by atoms with Crippen LogP contribution in [0.1, 0.15) is 27.6 Å². The smallest absolute Gasteiger partial charge is 0.267 e. The molecule has 1 atom stereocenters. The molecule has 2 N–H and O–H groups in total. The van der Waals surface area contributed by atoms with E-state index in [9.17, 15) is 18.0 Å². The van der Waals surface area contributed by atoms with Crippen LogP contribution in [0.4, 0.5) is 0 Å². The lowest BCUT2D eigenvalue weighted by molar-refractivity contribution is 0.0745. The molecule has 0 fully saturated rings. The van der Waals surface area contributed by atoms with E-state index in [2.05, 4.69) is 5.10 Å². The van der Waals surface area contributed by atoms with Gasteiger partial charge in [0.2, 0.25) is 10.0 Å². The van der Waals surface area contributed by atoms with Gasteiger partial charge in [-0.15, -0.1) is 0 Å². The predicted molar refractivity (Wildman–Crippen MR) is 82.1 cm³/mol. The molecular formula is C12H13N4O4S2-. The second-order valence-electron chi connectivity index (χ2n) is 4.61. The van der Waals surface area contributed by atoms with Crippen molar-refractivity contribution in [2.45, 2.75) is 11.6 Å². The number of nitrogens with zero attached hydrogens (tertiary/aromatic N) is 3. The van der Waals surface area contributed by atoms with Gasteiger partial charge in [0, 0.05) is 11.8 Å². The highest BCUT2D eigenvalue weighted by atomic mass is 32.3. The van der Waals surface area contributed by atoms with Gasteiger partial charge in [-0.2, -0.15) is 5.10 Å². The van der Waals surface area contributed by atoms with Gasteiger partial charge < -0.3 is 17.6 Å². The molecule has 0 bridgehead atoms. The summed E-state index contributed by atoms with van der Waals surface area (Å²) in [6.45, 7) is 1.41. The SMILES string of the molecule is C/C(=N\N(C)C([S-])S(N)(=O)=O)N1C(=O)c2ccccc2C1=O. The number of amides is 2. The molecule has 2 rings (SSSR count). The van der Waals surface area contributed by atoms with Gasteiger partial charge in [-0.25, -0.2) is 18.5 Å². The molecule has 1 aromatic carbocycles. The minimum atomic E-state index is -4.01. The van der Waals surface area contributed by atoms with Crippen LogP contribution in [0.5, 0.6) is 0 Å². The fraction of sp³-hybridized carbons (Fsp3) is 0.250. The van der Waals surface area contributed by atoms with Crippen molar-refractivity contribution in [1.29, 1.82) is 0 Å². The van der Waals surface area contributed by atoms with E-state index in [4.69, 9.17) is 17.8 Å². The maximum atomic E-state index is 12.2. The summed E-state index contributed by atoms with van der Waals surface area (Å²) in [6, 6.07) is 6.36. The van der Waals surface area contributed by atoms with Gasteiger partial charge in [0.15, 0.2) is 0 Å². The van der Waals surface area contributed by atoms with E-state index in [1.54, 1.807) is 12.1 Å². The van der Waals surface area contributed by atoms with Crippen LogP contribution in [0.25, 0.3) is 0 Å². The summed E-state index contributed by atoms with van der Waals surface area (Å²) in [7, 11) is -2.71. The number of hydrogen-bond acceptors (Lipinski definition) is 7. The molecule has 0 saturated carbocycles. The van der Waals surface area contributed by atoms with Crippen molar-refractivity contribution in [3.63, 3.8) is 0 Å². The third-order valence-electron chi connectivity index (χ3n) is 3.01. The second-order valence-corrected chi connectivity index (χ2v) is 6.98. The Labute approximate surface area is 133 Å². The molecule has 1 aliphatic rings. The number of rotatable bonds is 3. The third kappa shape index (κ3) is 2.85. The van der Waals surface area contributed by atoms with Gasteiger partial charge in [-0.05, 0) is 19.1 Å². The lowest BCUT2D eigenvalue weighted by Crippen LogP contribution is -2.41. The van der Waals surface area contributed by atoms with E-state index in [-0.39, 0.29) is 17.0 Å². The molecule has 22 heavy (non-hydrogen) atoms. The number of amidine groups is 1. The summed E-state index contributed by atoms with van der Waals surface area (Å²) < 4.78 is 20.9. The Morgan fingerprint density at radius 3 is 2.14 bits per heavy atom. The molecule has 1 aliphatic heterocycles. The molecule has 1 unspecified atom stereocenters. The molecule has 1 heterocycles. The Morgan fingerprint density at radius 1 is 1.27 bits per heavy atom. The zero-order valence-electron chi connectivity index (χ0n) is 11.8. The highest BCUT2D eigenvalue weighted by Crippen LogP contribution is 2.23. The number of hydrogen-bond donors (Lipinski definition) is 1. The van der Waals surface area contributed by atoms with Crippen molar-refractivity contribution >= 4 is 40.3 Å². The Kier molecular flexibility index (Phi) is 4.27. The lowest BCUT2D eigenvalue weighted by atomic mass is 10.1. The molecule has 0 saturated heterocycles. The van der Waals surface area contributed by atoms with Crippen molar-refractivity contribution in [1.82, 2.24) is 9.91 Å². The fourth-order valence-electron chi connectivity index (χ4n) is 2.02. The van der Waals surface area contributed by atoms with Crippen LogP contribution in [0.2, 0.25) is 0 Å². The third-order valence-corrected chi connectivity index (χ3v) is 4.98. The molecule has 10 heteroatoms. The van der Waals surface area contributed by atoms with E-state index < -0.39 is 26.5 Å². The van der Waals surface area contributed by atoms with E-state index in [0.29, 0.717) is 0 Å². The average Bonchev–Trinajstić information content (AvgIpc) is 2.69. The number of carbonyl (C=O) groups excluding carboxylic acids is 2. The van der Waals surface area contributed by atoms with Crippen LogP contribution < -0.4 is 5.14 Å². The highest BCUT2D eigenvalue weighted by molar-refractivity contribution is 7.97. The monoisotopic (exact) mass is 341 g/mol. The molecule has 118 valence electrons. The van der Waals surface area contributed by atoms with Gasteiger partial charge in [0.1, 0.15) is 5.84 Å². The van der Waals surface area contributed by atoms with Crippen molar-refractivity contribution < 1.29 is 18.0 Å². The van der Waals surface area contributed by atoms with Gasteiger partial charge in [-0.3, -0.25) is 9.59 Å². The summed E-state index contributed by atoms with van der Waals surface area (Å²) in [5.41, 5.74) is 0.539. The van der Waals surface area contributed by atoms with Gasteiger partial charge >= 0.3 is 0 Å². The summed E-state index contributed by atoms with van der Waals surface area (Å²) in [4.78, 5) is 25.3. The minimum absolute atomic E-state index is 0.00667. The van der Waals surface area contributed by atoms with Crippen LogP contribution in [0, 0.1) is 0 Å². The number of imide groups is 1. The normalized spacial score (nSPS) is 16.7. The second kappa shape index (κ2) is 5.71. The first-order chi connectivity index (χ1) is 10.1. The molecule has 1 aromatic rings. The molecule has 0 spiro atoms. The molecular weight excluding hydrogens is 328 g/mol. The average molecular weight is 341 g/mol. The van der Waals surface area contributed by atoms with Gasteiger partial charge in [0.25, 0.3) is 11.8 Å². The largest absolute Gasteiger partial charge is 0.749 e. The zero-order valence-corrected chi connectivity index (χ0v) is 13.4. The fourth-order valence-corrected chi connectivity index (χ4v) is 2.54. The number of fused-ring (bicyclic) bond motifs is 1. The number of carbonyl (C=O) groups is 2. The standard InChI is InChI=1S/C12H14N4O4S2/c1-7(14-15(2)12(21)22(13,19)20)16-10(17)8-5-3-4-6-9(8)11(16)18/h3-6,12,21H,1-2H3,(H2,13,19,20)/p-1/b14-7+. The van der Waals surface area contributed by atoms with E-state index in [1.807, 2.05) is 0 Å². The lowest BCUT2D eigenvalue weighted by Gasteiger charge is -2.29. The van der Waals surface area contributed by atoms with Crippen LogP contribution in [0.15, 0.2) is 29.4 Å². The summed E-state index contributed by atoms with van der Waals surface area (Å²) in [6.07, 6.45) is 0. The van der Waals surface area contributed by atoms with E-state index >= 15 is 0 Å². The van der Waals surface area contributed by atoms with Gasteiger partial charge in [0.05, 0.1) is 11.1 Å². The molecule has 8 nitrogen and oxygen atoms in total. The summed E-state index contributed by atoms with van der Waals surface area (Å²) in [5, 5.41) is 9.73. The first-order valence-electron chi connectivity index (χ1n) is 6.08. The van der Waals surface area contributed by atoms with Crippen molar-refractivity contribution in [2.75, 3.05) is 7.05 Å². The molecule has 2 amide bonds. The van der Waals surface area contributed by atoms with Crippen LogP contribution in [-0.2, 0) is 22.7 Å². The molecule has 0 radical (unpaired) electrons. The van der Waals surface area contributed by atoms with E-state index in [1.165, 1.54) is 26.1 Å². The maximum absolute atomic E-state index is 12.2. The van der Waals surface area contributed by atoms with Crippen LogP contribution in [-0.4, -0.2) is 47.7 Å². The zero-order chi connectivity index (χ0) is 16.7. The van der Waals surface area contributed by atoms with Gasteiger partial charge in [-0.1, -0.05) is 12.1 Å². The Hall–Kier alpha value is -1.91. The topological polar surface area (TPSA) is 113 Å².